The molecule has 5 rings (SSSR count). The number of hydrogen-bond donors (Lipinski definition) is 4. The first-order valence-electron chi connectivity index (χ1n) is 13.2. The van der Waals surface area contributed by atoms with Crippen LogP contribution in [0.1, 0.15) is 16.7 Å². The van der Waals surface area contributed by atoms with Crippen LogP contribution in [-0.4, -0.2) is 52.8 Å². The molecular formula is C29H30F3N7O2. The lowest BCUT2D eigenvalue weighted by Gasteiger charge is -2.27. The topological polar surface area (TPSA) is 107 Å². The highest BCUT2D eigenvalue weighted by Gasteiger charge is 2.30. The summed E-state index contributed by atoms with van der Waals surface area (Å²) in [6.45, 7) is 4.08. The van der Waals surface area contributed by atoms with E-state index in [2.05, 4.69) is 35.8 Å². The number of aromatic hydroxyl groups is 1. The summed E-state index contributed by atoms with van der Waals surface area (Å²) < 4.78 is 44.7. The number of alkyl halides is 3. The van der Waals surface area contributed by atoms with E-state index in [1.807, 2.05) is 24.3 Å². The van der Waals surface area contributed by atoms with Crippen molar-refractivity contribution in [3.63, 3.8) is 0 Å². The Bertz CT molecular complexity index is 1430. The molecule has 0 radical (unpaired) electrons. The molecule has 0 unspecified atom stereocenters. The van der Waals surface area contributed by atoms with Gasteiger partial charge in [0, 0.05) is 44.8 Å². The molecule has 1 aliphatic heterocycles. The molecule has 1 aliphatic rings. The predicted octanol–water partition coefficient (Wildman–Crippen LogP) is 5.06. The number of nitrogens with one attached hydrogen (secondary N) is 3. The van der Waals surface area contributed by atoms with Gasteiger partial charge < -0.3 is 30.7 Å². The predicted molar refractivity (Wildman–Crippen MR) is 150 cm³/mol. The largest absolute Gasteiger partial charge is 0.508 e. The zero-order valence-corrected chi connectivity index (χ0v) is 22.2. The van der Waals surface area contributed by atoms with Gasteiger partial charge in [-0.25, -0.2) is 0 Å². The zero-order valence-electron chi connectivity index (χ0n) is 22.2. The van der Waals surface area contributed by atoms with Crippen LogP contribution in [0.25, 0.3) is 0 Å². The number of nitrogens with zero attached hydrogens (tertiary/aromatic N) is 4. The Morgan fingerprint density at radius 3 is 2.24 bits per heavy atom. The Morgan fingerprint density at radius 1 is 0.854 bits per heavy atom. The molecule has 0 amide bonds. The summed E-state index contributed by atoms with van der Waals surface area (Å²) in [5, 5.41) is 19.3. The first-order chi connectivity index (χ1) is 19.8. The van der Waals surface area contributed by atoms with Gasteiger partial charge in [0.2, 0.25) is 17.8 Å². The fraction of sp³-hybridized carbons (Fsp3) is 0.276. The lowest BCUT2D eigenvalue weighted by atomic mass is 10.1. The highest BCUT2D eigenvalue weighted by molar-refractivity contribution is 5.46. The smallest absolute Gasteiger partial charge is 0.416 e. The second kappa shape index (κ2) is 12.7. The molecule has 1 saturated heterocycles. The van der Waals surface area contributed by atoms with E-state index in [4.69, 9.17) is 4.74 Å². The summed E-state index contributed by atoms with van der Waals surface area (Å²) in [6.07, 6.45) is -3.69. The molecule has 4 N–H and O–H groups in total. The van der Waals surface area contributed by atoms with Gasteiger partial charge in [-0.2, -0.15) is 28.1 Å². The van der Waals surface area contributed by atoms with Crippen molar-refractivity contribution in [1.29, 1.82) is 0 Å². The number of aromatic nitrogens is 3. The third-order valence-electron chi connectivity index (χ3n) is 6.48. The number of para-hydroxylation sites is 1. The monoisotopic (exact) mass is 565 g/mol. The van der Waals surface area contributed by atoms with Crippen molar-refractivity contribution >= 4 is 17.8 Å². The van der Waals surface area contributed by atoms with Crippen molar-refractivity contribution in [3.05, 3.63) is 89.5 Å². The van der Waals surface area contributed by atoms with Gasteiger partial charge in [0.1, 0.15) is 17.2 Å². The molecule has 4 aromatic rings. The lowest BCUT2D eigenvalue weighted by molar-refractivity contribution is -0.137. The van der Waals surface area contributed by atoms with Gasteiger partial charge >= 0.3 is 6.18 Å². The van der Waals surface area contributed by atoms with E-state index in [0.717, 1.165) is 49.4 Å². The zero-order chi connectivity index (χ0) is 28.7. The minimum absolute atomic E-state index is 0.224. The minimum Gasteiger partial charge on any atom is -0.508 e. The summed E-state index contributed by atoms with van der Waals surface area (Å²) in [7, 11) is 0. The molecule has 1 fully saturated rings. The van der Waals surface area contributed by atoms with Crippen LogP contribution in [0, 0.1) is 0 Å². The van der Waals surface area contributed by atoms with E-state index in [-0.39, 0.29) is 5.75 Å². The van der Waals surface area contributed by atoms with Gasteiger partial charge in [0.15, 0.2) is 0 Å². The number of anilines is 3. The van der Waals surface area contributed by atoms with E-state index in [1.165, 1.54) is 12.1 Å². The average Bonchev–Trinajstić information content (AvgIpc) is 2.98. The first-order valence-corrected chi connectivity index (χ1v) is 13.2. The molecule has 0 bridgehead atoms. The van der Waals surface area contributed by atoms with Crippen LogP contribution in [0.4, 0.5) is 31.0 Å². The summed E-state index contributed by atoms with van der Waals surface area (Å²) in [5.41, 5.74) is 1.11. The fourth-order valence-electron chi connectivity index (χ4n) is 4.27. The SMILES string of the molecule is Oc1ccc(CCNc2nc(NCc3ccccc3Oc3ccc(C(F)(F)F)cc3)nc(N3CCNCC3)n2)cc1. The quantitative estimate of drug-likeness (QED) is 0.210. The van der Waals surface area contributed by atoms with Gasteiger partial charge in [-0.1, -0.05) is 30.3 Å². The summed E-state index contributed by atoms with van der Waals surface area (Å²) in [4.78, 5) is 15.9. The number of benzene rings is 3. The second-order valence-electron chi connectivity index (χ2n) is 9.45. The van der Waals surface area contributed by atoms with E-state index >= 15 is 0 Å². The van der Waals surface area contributed by atoms with Crippen LogP contribution < -0.4 is 25.6 Å². The standard InChI is InChI=1S/C29H30F3N7O2/c30-29(31,32)22-7-11-24(12-8-22)41-25-4-2-1-3-21(25)19-35-27-36-26(34-14-13-20-5-9-23(40)10-6-20)37-28(38-27)39-17-15-33-16-18-39/h1-12,33,40H,13-19H2,(H2,34,35,36,37,38). The molecule has 0 spiro atoms. The molecule has 214 valence electrons. The lowest BCUT2D eigenvalue weighted by Crippen LogP contribution is -2.44. The molecule has 41 heavy (non-hydrogen) atoms. The number of phenols is 1. The molecule has 0 atom stereocenters. The van der Waals surface area contributed by atoms with Crippen LogP contribution in [0.15, 0.2) is 72.8 Å². The van der Waals surface area contributed by atoms with E-state index in [9.17, 15) is 18.3 Å². The van der Waals surface area contributed by atoms with Crippen LogP contribution >= 0.6 is 0 Å². The Kier molecular flexibility index (Phi) is 8.68. The Hall–Kier alpha value is -4.58. The van der Waals surface area contributed by atoms with Crippen LogP contribution in [-0.2, 0) is 19.1 Å². The highest BCUT2D eigenvalue weighted by atomic mass is 19.4. The third kappa shape index (κ3) is 7.76. The third-order valence-corrected chi connectivity index (χ3v) is 6.48. The van der Waals surface area contributed by atoms with Gasteiger partial charge in [0.05, 0.1) is 5.56 Å². The summed E-state index contributed by atoms with van der Waals surface area (Å²) >= 11 is 0. The van der Waals surface area contributed by atoms with Gasteiger partial charge in [-0.05, 0) is 54.4 Å². The van der Waals surface area contributed by atoms with Crippen molar-refractivity contribution in [1.82, 2.24) is 20.3 Å². The number of hydrogen-bond acceptors (Lipinski definition) is 9. The maximum Gasteiger partial charge on any atom is 0.416 e. The van der Waals surface area contributed by atoms with Crippen LogP contribution in [0.3, 0.4) is 0 Å². The number of phenolic OH excluding ortho intramolecular Hbond substituents is 1. The van der Waals surface area contributed by atoms with Gasteiger partial charge in [0.25, 0.3) is 0 Å². The van der Waals surface area contributed by atoms with E-state index < -0.39 is 11.7 Å². The van der Waals surface area contributed by atoms with Gasteiger partial charge in [-0.3, -0.25) is 0 Å². The van der Waals surface area contributed by atoms with E-state index in [0.29, 0.717) is 48.9 Å². The maximum absolute atomic E-state index is 12.9. The van der Waals surface area contributed by atoms with Crippen molar-refractivity contribution in [2.75, 3.05) is 48.3 Å². The minimum atomic E-state index is -4.41. The molecule has 9 nitrogen and oxygen atoms in total. The number of rotatable bonds is 10. The molecule has 12 heteroatoms. The molecule has 0 saturated carbocycles. The second-order valence-corrected chi connectivity index (χ2v) is 9.45. The Labute approximate surface area is 235 Å². The number of halogens is 3. The molecule has 2 heterocycles. The van der Waals surface area contributed by atoms with Crippen LogP contribution in [0.2, 0.25) is 0 Å². The summed E-state index contributed by atoms with van der Waals surface area (Å²) in [5.74, 6) is 2.40. The van der Waals surface area contributed by atoms with Crippen molar-refractivity contribution < 1.29 is 23.0 Å². The number of piperazine rings is 1. The molecule has 3 aromatic carbocycles. The average molecular weight is 566 g/mol. The summed E-state index contributed by atoms with van der Waals surface area (Å²) in [6, 6.07) is 18.9. The van der Waals surface area contributed by atoms with Crippen LogP contribution in [0.5, 0.6) is 17.2 Å². The van der Waals surface area contributed by atoms with Crippen molar-refractivity contribution in [2.45, 2.75) is 19.1 Å². The molecule has 1 aromatic heterocycles. The maximum atomic E-state index is 12.9. The Morgan fingerprint density at radius 2 is 1.54 bits per heavy atom. The molecular weight excluding hydrogens is 535 g/mol. The van der Waals surface area contributed by atoms with E-state index in [1.54, 1.807) is 24.3 Å². The van der Waals surface area contributed by atoms with Crippen molar-refractivity contribution in [3.8, 4) is 17.2 Å². The first kappa shape index (κ1) is 28.0. The number of ether oxygens (including phenoxy) is 1. The van der Waals surface area contributed by atoms with Gasteiger partial charge in [-0.15, -0.1) is 0 Å². The highest BCUT2D eigenvalue weighted by Crippen LogP contribution is 2.32. The Balaban J connectivity index is 1.29. The van der Waals surface area contributed by atoms with Crippen molar-refractivity contribution in [2.24, 2.45) is 0 Å². The normalized spacial score (nSPS) is 13.6. The fourth-order valence-corrected chi connectivity index (χ4v) is 4.27. The molecule has 0 aliphatic carbocycles.